The van der Waals surface area contributed by atoms with Gasteiger partial charge in [0, 0.05) is 40.8 Å². The van der Waals surface area contributed by atoms with Gasteiger partial charge in [0.25, 0.3) is 11.8 Å². The Morgan fingerprint density at radius 2 is 1.66 bits per heavy atom. The molecule has 0 aliphatic carbocycles. The smallest absolute Gasteiger partial charge is 0.257 e. The highest BCUT2D eigenvalue weighted by molar-refractivity contribution is 6.31. The minimum absolute atomic E-state index is 0.0786. The van der Waals surface area contributed by atoms with Crippen LogP contribution >= 0.6 is 11.6 Å². The molecule has 3 amide bonds. The number of amides is 3. The van der Waals surface area contributed by atoms with Gasteiger partial charge < -0.3 is 21.3 Å². The molecule has 1 saturated heterocycles. The number of hydrogen-bond acceptors (Lipinski definition) is 4. The molecule has 4 rings (SSSR count). The van der Waals surface area contributed by atoms with E-state index in [9.17, 15) is 14.4 Å². The molecule has 0 unspecified atom stereocenters. The lowest BCUT2D eigenvalue weighted by atomic mass is 9.97. The fourth-order valence-electron chi connectivity index (χ4n) is 4.00. The molecule has 0 radical (unpaired) electrons. The maximum Gasteiger partial charge on any atom is 0.257 e. The first kappa shape index (κ1) is 26.5. The molecular formula is C29H26ClN5O3. The van der Waals surface area contributed by atoms with Crippen molar-refractivity contribution in [3.63, 3.8) is 0 Å². The first-order valence-corrected chi connectivity index (χ1v) is 12.4. The highest BCUT2D eigenvalue weighted by Crippen LogP contribution is 2.24. The van der Waals surface area contributed by atoms with Crippen LogP contribution in [0.15, 0.2) is 71.7 Å². The summed E-state index contributed by atoms with van der Waals surface area (Å²) in [6, 6.07) is 18.3. The summed E-state index contributed by atoms with van der Waals surface area (Å²) in [5.74, 6) is 1.38. The Bertz CT molecular complexity index is 1400. The summed E-state index contributed by atoms with van der Waals surface area (Å²) < 4.78 is 0. The fourth-order valence-corrected chi connectivity index (χ4v) is 4.17. The maximum absolute atomic E-state index is 13.0. The predicted octanol–water partition coefficient (Wildman–Crippen LogP) is 4.68. The minimum atomic E-state index is -0.430. The molecule has 4 N–H and O–H groups in total. The number of benzene rings is 3. The zero-order valence-electron chi connectivity index (χ0n) is 20.5. The second-order valence-corrected chi connectivity index (χ2v) is 9.26. The summed E-state index contributed by atoms with van der Waals surface area (Å²) in [5, 5.41) is 5.93. The lowest BCUT2D eigenvalue weighted by molar-refractivity contribution is -0.122. The molecular weight excluding hydrogens is 502 g/mol. The van der Waals surface area contributed by atoms with Gasteiger partial charge in [-0.05, 0) is 79.6 Å². The van der Waals surface area contributed by atoms with Gasteiger partial charge in [-0.15, -0.1) is 6.42 Å². The van der Waals surface area contributed by atoms with Gasteiger partial charge >= 0.3 is 0 Å². The van der Waals surface area contributed by atoms with Crippen molar-refractivity contribution in [1.29, 1.82) is 0 Å². The summed E-state index contributed by atoms with van der Waals surface area (Å²) in [7, 11) is 0. The van der Waals surface area contributed by atoms with Crippen molar-refractivity contribution in [1.82, 2.24) is 4.90 Å². The summed E-state index contributed by atoms with van der Waals surface area (Å²) in [6.07, 6.45) is 8.54. The number of terminal acetylenes is 1. The van der Waals surface area contributed by atoms with E-state index in [1.165, 1.54) is 6.07 Å². The number of nitrogens with two attached hydrogens (primary N) is 1. The van der Waals surface area contributed by atoms with Crippen LogP contribution in [0.25, 0.3) is 0 Å². The number of anilines is 2. The van der Waals surface area contributed by atoms with Crippen LogP contribution < -0.4 is 16.4 Å². The van der Waals surface area contributed by atoms with Crippen LogP contribution in [0.2, 0.25) is 5.02 Å². The normalized spacial score (nSPS) is 13.6. The fraction of sp³-hybridized carbons (Fsp3) is 0.172. The average molecular weight is 528 g/mol. The molecule has 1 aliphatic heterocycles. The van der Waals surface area contributed by atoms with Crippen LogP contribution in [0.5, 0.6) is 0 Å². The number of nitrogens with zero attached hydrogens (tertiary/aromatic N) is 2. The Kier molecular flexibility index (Phi) is 8.41. The van der Waals surface area contributed by atoms with Gasteiger partial charge in [0.2, 0.25) is 5.91 Å². The Balaban J connectivity index is 1.40. The summed E-state index contributed by atoms with van der Waals surface area (Å²) in [4.78, 5) is 43.7. The van der Waals surface area contributed by atoms with Crippen molar-refractivity contribution in [2.45, 2.75) is 12.8 Å². The van der Waals surface area contributed by atoms with E-state index in [1.54, 1.807) is 67.0 Å². The molecule has 0 saturated carbocycles. The van der Waals surface area contributed by atoms with Crippen molar-refractivity contribution in [3.8, 4) is 12.3 Å². The van der Waals surface area contributed by atoms with Crippen LogP contribution in [0, 0.1) is 18.3 Å². The molecule has 3 aromatic carbocycles. The van der Waals surface area contributed by atoms with E-state index in [-0.39, 0.29) is 23.3 Å². The summed E-state index contributed by atoms with van der Waals surface area (Å²) in [6.45, 7) is 1.43. The highest BCUT2D eigenvalue weighted by atomic mass is 35.5. The quantitative estimate of drug-likeness (QED) is 0.235. The minimum Gasteiger partial charge on any atom is -0.369 e. The van der Waals surface area contributed by atoms with Gasteiger partial charge in [0.05, 0.1) is 23.3 Å². The van der Waals surface area contributed by atoms with Gasteiger partial charge in [-0.3, -0.25) is 14.4 Å². The number of aliphatic imine (C=N–C) groups is 1. The highest BCUT2D eigenvalue weighted by Gasteiger charge is 2.21. The van der Waals surface area contributed by atoms with Crippen molar-refractivity contribution in [2.24, 2.45) is 16.6 Å². The van der Waals surface area contributed by atoms with Crippen molar-refractivity contribution >= 4 is 52.7 Å². The lowest BCUT2D eigenvalue weighted by Gasteiger charge is -2.28. The Labute approximate surface area is 225 Å². The molecule has 0 atom stereocenters. The van der Waals surface area contributed by atoms with Crippen molar-refractivity contribution < 1.29 is 14.4 Å². The third-order valence-corrected chi connectivity index (χ3v) is 6.45. The second-order valence-electron chi connectivity index (χ2n) is 8.82. The van der Waals surface area contributed by atoms with Gasteiger partial charge in [-0.25, -0.2) is 4.99 Å². The summed E-state index contributed by atoms with van der Waals surface area (Å²) >= 11 is 6.13. The largest absolute Gasteiger partial charge is 0.369 e. The molecule has 8 nitrogen and oxygen atoms in total. The molecule has 0 bridgehead atoms. The third kappa shape index (κ3) is 6.78. The Hall–Kier alpha value is -4.61. The van der Waals surface area contributed by atoms with Crippen molar-refractivity contribution in [2.75, 3.05) is 23.7 Å². The zero-order chi connectivity index (χ0) is 27.1. The SMILES string of the molecule is C#Cc1ccc(NC(=O)c2cc(Cl)ccc2NC(=O)c2ccc(N=CN3CCC(C(N)=O)CC3)cc2)cc1. The first-order chi connectivity index (χ1) is 18.3. The van der Waals surface area contributed by atoms with Gasteiger partial charge in [0.15, 0.2) is 0 Å². The second kappa shape index (κ2) is 12.1. The molecule has 9 heteroatoms. The standard InChI is InChI=1S/C29H26ClN5O3/c1-2-19-3-8-24(9-4-19)33-29(38)25-17-22(30)7-12-26(25)34-28(37)21-5-10-23(11-6-21)32-18-35-15-13-20(14-16-35)27(31)36/h1,3-12,17-18,20H,13-16H2,(H2,31,36)(H,33,38)(H,34,37). The van der Waals surface area contributed by atoms with E-state index in [0.717, 1.165) is 0 Å². The first-order valence-electron chi connectivity index (χ1n) is 12.0. The van der Waals surface area contributed by atoms with Crippen LogP contribution in [-0.2, 0) is 4.79 Å². The average Bonchev–Trinajstić information content (AvgIpc) is 2.93. The molecule has 0 spiro atoms. The van der Waals surface area contributed by atoms with E-state index in [0.29, 0.717) is 59.1 Å². The number of rotatable bonds is 7. The molecule has 1 fully saturated rings. The van der Waals surface area contributed by atoms with E-state index < -0.39 is 5.91 Å². The van der Waals surface area contributed by atoms with E-state index in [4.69, 9.17) is 23.8 Å². The number of likely N-dealkylation sites (tertiary alicyclic amines) is 1. The van der Waals surface area contributed by atoms with E-state index in [1.807, 2.05) is 4.90 Å². The van der Waals surface area contributed by atoms with Gasteiger partial charge in [-0.2, -0.15) is 0 Å². The third-order valence-electron chi connectivity index (χ3n) is 6.22. The molecule has 1 heterocycles. The molecule has 1 aliphatic rings. The molecule has 38 heavy (non-hydrogen) atoms. The predicted molar refractivity (Wildman–Crippen MR) is 150 cm³/mol. The van der Waals surface area contributed by atoms with Crippen LogP contribution in [0.4, 0.5) is 17.1 Å². The van der Waals surface area contributed by atoms with Crippen LogP contribution in [0.1, 0.15) is 39.1 Å². The van der Waals surface area contributed by atoms with E-state index in [2.05, 4.69) is 21.5 Å². The van der Waals surface area contributed by atoms with Gasteiger partial charge in [-0.1, -0.05) is 17.5 Å². The number of carbonyl (C=O) groups is 3. The lowest BCUT2D eigenvalue weighted by Crippen LogP contribution is -2.37. The topological polar surface area (TPSA) is 117 Å². The number of piperidine rings is 1. The Morgan fingerprint density at radius 3 is 2.29 bits per heavy atom. The Morgan fingerprint density at radius 1 is 0.974 bits per heavy atom. The van der Waals surface area contributed by atoms with Gasteiger partial charge in [0.1, 0.15) is 0 Å². The number of hydrogen-bond donors (Lipinski definition) is 3. The number of carbonyl (C=O) groups excluding carboxylic acids is 3. The maximum atomic E-state index is 13.0. The number of nitrogens with one attached hydrogen (secondary N) is 2. The summed E-state index contributed by atoms with van der Waals surface area (Å²) in [5.41, 5.74) is 8.25. The molecule has 192 valence electrons. The molecule has 3 aromatic rings. The number of primary amides is 1. The van der Waals surface area contributed by atoms with Crippen molar-refractivity contribution in [3.05, 3.63) is 88.4 Å². The number of halogens is 1. The monoisotopic (exact) mass is 527 g/mol. The van der Waals surface area contributed by atoms with Crippen LogP contribution in [-0.4, -0.2) is 42.0 Å². The van der Waals surface area contributed by atoms with Crippen LogP contribution in [0.3, 0.4) is 0 Å². The van der Waals surface area contributed by atoms with E-state index >= 15 is 0 Å². The molecule has 0 aromatic heterocycles. The zero-order valence-corrected chi connectivity index (χ0v) is 21.2.